The summed E-state index contributed by atoms with van der Waals surface area (Å²) >= 11 is 5.85. The quantitative estimate of drug-likeness (QED) is 0.433. The number of rotatable bonds is 7. The molecule has 0 amide bonds. The topological polar surface area (TPSA) is 54.2 Å². The van der Waals surface area contributed by atoms with Crippen molar-refractivity contribution < 1.29 is 14.3 Å². The molecule has 0 heterocycles. The first-order valence-corrected chi connectivity index (χ1v) is 8.16. The van der Waals surface area contributed by atoms with Gasteiger partial charge in [0.25, 0.3) is 0 Å². The fraction of sp³-hybridized carbons (Fsp3) is 0.333. The summed E-state index contributed by atoms with van der Waals surface area (Å²) in [7, 11) is 4.11. The molecule has 0 aromatic heterocycles. The van der Waals surface area contributed by atoms with Gasteiger partial charge >= 0.3 is 0 Å². The van der Waals surface area contributed by atoms with E-state index in [0.29, 0.717) is 35.1 Å². The van der Waals surface area contributed by atoms with E-state index < -0.39 is 0 Å². The van der Waals surface area contributed by atoms with Crippen LogP contribution in [0.25, 0.3) is 0 Å². The molecule has 0 aliphatic rings. The third kappa shape index (κ3) is 5.60. The molecule has 0 radical (unpaired) electrons. The molecule has 0 saturated carbocycles. The van der Waals surface area contributed by atoms with Gasteiger partial charge in [-0.2, -0.15) is 10.2 Å². The van der Waals surface area contributed by atoms with Gasteiger partial charge in [0, 0.05) is 11.6 Å². The molecule has 24 heavy (non-hydrogen) atoms. The standard InChI is InChI=1S/C18H22ClN3O2/c1-4-24-13-22(2,3)12-14-11-17(9-10-18(14)23)21-20-16-7-5-15(19)6-8-16/h5-11H,4,12-13H2,1-3H3/p+1. The smallest absolute Gasteiger partial charge is 0.182 e. The Morgan fingerprint density at radius 1 is 1.04 bits per heavy atom. The molecule has 1 N–H and O–H groups in total. The van der Waals surface area contributed by atoms with Crippen LogP contribution < -0.4 is 0 Å². The molecule has 0 fully saturated rings. The van der Waals surface area contributed by atoms with Gasteiger partial charge in [-0.25, -0.2) is 0 Å². The molecule has 0 bridgehead atoms. The largest absolute Gasteiger partial charge is 0.507 e. The number of azo groups is 1. The minimum Gasteiger partial charge on any atom is -0.507 e. The average Bonchev–Trinajstić information content (AvgIpc) is 2.55. The number of ether oxygens (including phenoxy) is 1. The van der Waals surface area contributed by atoms with E-state index in [-0.39, 0.29) is 5.75 Å². The van der Waals surface area contributed by atoms with E-state index in [1.807, 2.05) is 13.0 Å². The van der Waals surface area contributed by atoms with Crippen molar-refractivity contribution in [2.75, 3.05) is 27.4 Å². The van der Waals surface area contributed by atoms with Gasteiger partial charge in [0.15, 0.2) is 6.73 Å². The van der Waals surface area contributed by atoms with E-state index in [0.717, 1.165) is 11.3 Å². The van der Waals surface area contributed by atoms with Gasteiger partial charge in [0.1, 0.15) is 12.3 Å². The number of phenolic OH excluding ortho intramolecular Hbond substituents is 1. The molecule has 6 heteroatoms. The van der Waals surface area contributed by atoms with E-state index in [9.17, 15) is 5.11 Å². The van der Waals surface area contributed by atoms with Crippen LogP contribution in [0, 0.1) is 0 Å². The number of nitrogens with zero attached hydrogens (tertiary/aromatic N) is 3. The second-order valence-electron chi connectivity index (χ2n) is 6.21. The monoisotopic (exact) mass is 348 g/mol. The SMILES string of the molecule is CCOC[N+](C)(C)Cc1cc(N=Nc2ccc(Cl)cc2)ccc1O. The Kier molecular flexibility index (Phi) is 6.31. The Bertz CT molecular complexity index is 700. The van der Waals surface area contributed by atoms with Crippen molar-refractivity contribution in [3.63, 3.8) is 0 Å². The molecule has 0 spiro atoms. The summed E-state index contributed by atoms with van der Waals surface area (Å²) in [5, 5.41) is 19.2. The van der Waals surface area contributed by atoms with Crippen LogP contribution in [-0.4, -0.2) is 37.0 Å². The fourth-order valence-electron chi connectivity index (χ4n) is 2.23. The van der Waals surface area contributed by atoms with Gasteiger partial charge in [-0.3, -0.25) is 0 Å². The normalized spacial score (nSPS) is 12.0. The molecule has 2 rings (SSSR count). The van der Waals surface area contributed by atoms with E-state index in [1.165, 1.54) is 0 Å². The maximum absolute atomic E-state index is 10.1. The molecule has 0 unspecified atom stereocenters. The first-order chi connectivity index (χ1) is 11.4. The van der Waals surface area contributed by atoms with Crippen molar-refractivity contribution in [1.29, 1.82) is 0 Å². The molecular weight excluding hydrogens is 326 g/mol. The Morgan fingerprint density at radius 3 is 2.33 bits per heavy atom. The minimum atomic E-state index is 0.253. The summed E-state index contributed by atoms with van der Waals surface area (Å²) in [5.74, 6) is 0.253. The summed E-state index contributed by atoms with van der Waals surface area (Å²) < 4.78 is 6.10. The predicted octanol–water partition coefficient (Wildman–Crippen LogP) is 5.03. The highest BCUT2D eigenvalue weighted by atomic mass is 35.5. The number of phenols is 1. The lowest BCUT2D eigenvalue weighted by Gasteiger charge is -2.29. The van der Waals surface area contributed by atoms with Crippen LogP contribution in [0.15, 0.2) is 52.7 Å². The molecular formula is C18H23ClN3O2+. The van der Waals surface area contributed by atoms with Gasteiger partial charge in [0.05, 0.1) is 31.0 Å². The fourth-order valence-corrected chi connectivity index (χ4v) is 2.36. The van der Waals surface area contributed by atoms with Crippen molar-refractivity contribution in [1.82, 2.24) is 0 Å². The third-order valence-corrected chi connectivity index (χ3v) is 3.67. The second kappa shape index (κ2) is 8.24. The number of aromatic hydroxyl groups is 1. The van der Waals surface area contributed by atoms with E-state index >= 15 is 0 Å². The molecule has 5 nitrogen and oxygen atoms in total. The van der Waals surface area contributed by atoms with Crippen LogP contribution >= 0.6 is 11.6 Å². The Morgan fingerprint density at radius 2 is 1.67 bits per heavy atom. The predicted molar refractivity (Wildman–Crippen MR) is 96.0 cm³/mol. The van der Waals surface area contributed by atoms with Crippen molar-refractivity contribution in [2.45, 2.75) is 13.5 Å². The molecule has 2 aromatic carbocycles. The Balaban J connectivity index is 2.14. The number of halogens is 1. The number of hydrogen-bond acceptors (Lipinski definition) is 4. The highest BCUT2D eigenvalue weighted by molar-refractivity contribution is 6.30. The van der Waals surface area contributed by atoms with Crippen molar-refractivity contribution in [3.8, 4) is 5.75 Å². The zero-order valence-corrected chi connectivity index (χ0v) is 15.0. The number of benzene rings is 2. The first-order valence-electron chi connectivity index (χ1n) is 7.78. The van der Waals surface area contributed by atoms with Crippen molar-refractivity contribution in [2.24, 2.45) is 10.2 Å². The lowest BCUT2D eigenvalue weighted by Crippen LogP contribution is -2.40. The van der Waals surface area contributed by atoms with Gasteiger partial charge in [-0.1, -0.05) is 11.6 Å². The second-order valence-corrected chi connectivity index (χ2v) is 6.64. The van der Waals surface area contributed by atoms with Crippen molar-refractivity contribution >= 4 is 23.0 Å². The van der Waals surface area contributed by atoms with Crippen LogP contribution in [0.5, 0.6) is 5.75 Å². The Hall–Kier alpha value is -1.95. The van der Waals surface area contributed by atoms with E-state index in [2.05, 4.69) is 24.3 Å². The summed E-state index contributed by atoms with van der Waals surface area (Å²) in [6, 6.07) is 12.4. The molecule has 0 aliphatic heterocycles. The van der Waals surface area contributed by atoms with Crippen LogP contribution in [0.3, 0.4) is 0 Å². The summed E-state index contributed by atoms with van der Waals surface area (Å²) in [6.07, 6.45) is 0. The lowest BCUT2D eigenvalue weighted by atomic mass is 10.1. The molecule has 2 aromatic rings. The highest BCUT2D eigenvalue weighted by Gasteiger charge is 2.18. The maximum atomic E-state index is 10.1. The van der Waals surface area contributed by atoms with Gasteiger partial charge in [0.2, 0.25) is 0 Å². The summed E-state index contributed by atoms with van der Waals surface area (Å²) in [4.78, 5) is 0. The van der Waals surface area contributed by atoms with Crippen LogP contribution in [0.1, 0.15) is 12.5 Å². The number of quaternary nitrogens is 1. The van der Waals surface area contributed by atoms with Gasteiger partial charge in [-0.15, -0.1) is 0 Å². The summed E-state index contributed by atoms with van der Waals surface area (Å²) in [6.45, 7) is 3.85. The molecule has 128 valence electrons. The zero-order chi connectivity index (χ0) is 17.6. The molecule has 0 atom stereocenters. The lowest BCUT2D eigenvalue weighted by molar-refractivity contribution is -0.922. The highest BCUT2D eigenvalue weighted by Crippen LogP contribution is 2.27. The van der Waals surface area contributed by atoms with E-state index in [4.69, 9.17) is 16.3 Å². The van der Waals surface area contributed by atoms with Crippen LogP contribution in [-0.2, 0) is 11.3 Å². The Labute approximate surface area is 147 Å². The van der Waals surface area contributed by atoms with Crippen LogP contribution in [0.2, 0.25) is 5.02 Å². The van der Waals surface area contributed by atoms with Crippen LogP contribution in [0.4, 0.5) is 11.4 Å². The number of hydrogen-bond donors (Lipinski definition) is 1. The zero-order valence-electron chi connectivity index (χ0n) is 14.2. The third-order valence-electron chi connectivity index (χ3n) is 3.41. The average molecular weight is 349 g/mol. The van der Waals surface area contributed by atoms with Gasteiger partial charge < -0.3 is 14.3 Å². The van der Waals surface area contributed by atoms with E-state index in [1.54, 1.807) is 36.4 Å². The molecule has 0 aliphatic carbocycles. The maximum Gasteiger partial charge on any atom is 0.182 e. The minimum absolute atomic E-state index is 0.253. The van der Waals surface area contributed by atoms with Crippen molar-refractivity contribution in [3.05, 3.63) is 53.1 Å². The molecule has 0 saturated heterocycles. The first kappa shape index (κ1) is 18.4. The summed E-state index contributed by atoms with van der Waals surface area (Å²) in [5.41, 5.74) is 2.22. The van der Waals surface area contributed by atoms with Gasteiger partial charge in [-0.05, 0) is 49.4 Å².